The molecule has 1 amide bonds. The summed E-state index contributed by atoms with van der Waals surface area (Å²) in [7, 11) is 0. The van der Waals surface area contributed by atoms with E-state index in [9.17, 15) is 9.59 Å². The molecular weight excluding hydrogens is 278 g/mol. The van der Waals surface area contributed by atoms with Gasteiger partial charge in [-0.15, -0.1) is 0 Å². The Bertz CT molecular complexity index is 494. The number of carboxylic acid groups (broad SMARTS) is 1. The summed E-state index contributed by atoms with van der Waals surface area (Å²) < 4.78 is 0. The second kappa shape index (κ2) is 7.70. The largest absolute Gasteiger partial charge is 0.480 e. The molecule has 0 saturated heterocycles. The molecule has 0 aromatic heterocycles. The molecule has 2 N–H and O–H groups in total. The molecule has 0 aliphatic heterocycles. The molecule has 4 nitrogen and oxygen atoms in total. The number of benzene rings is 1. The van der Waals surface area contributed by atoms with Gasteiger partial charge in [0.1, 0.15) is 6.04 Å². The van der Waals surface area contributed by atoms with Gasteiger partial charge in [-0.2, -0.15) is 0 Å². The Morgan fingerprint density at radius 3 is 2.40 bits per heavy atom. The van der Waals surface area contributed by atoms with Crippen molar-refractivity contribution in [1.82, 2.24) is 5.32 Å². The molecule has 5 heteroatoms. The van der Waals surface area contributed by atoms with Crippen molar-refractivity contribution in [3.05, 3.63) is 40.9 Å². The molecule has 0 spiro atoms. The first-order chi connectivity index (χ1) is 9.38. The SMILES string of the molecule is CC(C)CC(NC(=O)/C=C/c1ccc(Cl)cc1)C(=O)O. The quantitative estimate of drug-likeness (QED) is 0.793. The molecule has 1 aromatic carbocycles. The van der Waals surface area contributed by atoms with Crippen molar-refractivity contribution >= 4 is 29.6 Å². The van der Waals surface area contributed by atoms with Gasteiger partial charge < -0.3 is 10.4 Å². The highest BCUT2D eigenvalue weighted by molar-refractivity contribution is 6.30. The van der Waals surface area contributed by atoms with E-state index in [1.165, 1.54) is 6.08 Å². The highest BCUT2D eigenvalue weighted by Gasteiger charge is 2.19. The van der Waals surface area contributed by atoms with Crippen molar-refractivity contribution < 1.29 is 14.7 Å². The standard InChI is InChI=1S/C15H18ClNO3/c1-10(2)9-13(15(19)20)17-14(18)8-5-11-3-6-12(16)7-4-11/h3-8,10,13H,9H2,1-2H3,(H,17,18)(H,19,20)/b8-5+. The Labute approximate surface area is 123 Å². The molecule has 0 saturated carbocycles. The molecule has 0 bridgehead atoms. The number of carbonyl (C=O) groups is 2. The molecule has 1 aromatic rings. The molecule has 1 atom stereocenters. The Morgan fingerprint density at radius 2 is 1.90 bits per heavy atom. The van der Waals surface area contributed by atoms with Gasteiger partial charge in [-0.1, -0.05) is 37.6 Å². The fourth-order valence-corrected chi connectivity index (χ4v) is 1.78. The zero-order valence-electron chi connectivity index (χ0n) is 11.5. The van der Waals surface area contributed by atoms with Crippen LogP contribution in [0.15, 0.2) is 30.3 Å². The van der Waals surface area contributed by atoms with Crippen molar-refractivity contribution in [2.24, 2.45) is 5.92 Å². The molecular formula is C15H18ClNO3. The van der Waals surface area contributed by atoms with Crippen molar-refractivity contribution in [3.63, 3.8) is 0 Å². The fraction of sp³-hybridized carbons (Fsp3) is 0.333. The van der Waals surface area contributed by atoms with Gasteiger partial charge >= 0.3 is 5.97 Å². The minimum Gasteiger partial charge on any atom is -0.480 e. The van der Waals surface area contributed by atoms with E-state index in [0.29, 0.717) is 11.4 Å². The van der Waals surface area contributed by atoms with Crippen molar-refractivity contribution in [2.45, 2.75) is 26.3 Å². The number of carboxylic acids is 1. The maximum atomic E-state index is 11.7. The molecule has 0 heterocycles. The lowest BCUT2D eigenvalue weighted by Gasteiger charge is -2.15. The number of aliphatic carboxylic acids is 1. The summed E-state index contributed by atoms with van der Waals surface area (Å²) in [6.45, 7) is 3.82. The average Bonchev–Trinajstić information content (AvgIpc) is 2.36. The molecule has 0 aliphatic rings. The van der Waals surface area contributed by atoms with Crippen LogP contribution in [0.4, 0.5) is 0 Å². The number of hydrogen-bond donors (Lipinski definition) is 2. The minimum absolute atomic E-state index is 0.191. The first-order valence-corrected chi connectivity index (χ1v) is 6.73. The number of carbonyl (C=O) groups excluding carboxylic acids is 1. The van der Waals surface area contributed by atoms with Gasteiger partial charge in [-0.05, 0) is 36.1 Å². The van der Waals surface area contributed by atoms with Crippen LogP contribution in [0.3, 0.4) is 0 Å². The third-order valence-electron chi connectivity index (χ3n) is 2.62. The van der Waals surface area contributed by atoms with E-state index < -0.39 is 17.9 Å². The van der Waals surface area contributed by atoms with Crippen LogP contribution in [0.1, 0.15) is 25.8 Å². The Balaban J connectivity index is 2.61. The van der Waals surface area contributed by atoms with Gasteiger partial charge in [0.15, 0.2) is 0 Å². The number of amides is 1. The maximum Gasteiger partial charge on any atom is 0.326 e. The monoisotopic (exact) mass is 295 g/mol. The van der Waals surface area contributed by atoms with Crippen LogP contribution in [0, 0.1) is 5.92 Å². The maximum absolute atomic E-state index is 11.7. The van der Waals surface area contributed by atoms with Crippen LogP contribution in [0.5, 0.6) is 0 Å². The lowest BCUT2D eigenvalue weighted by atomic mass is 10.0. The number of hydrogen-bond acceptors (Lipinski definition) is 2. The van der Waals surface area contributed by atoms with Crippen molar-refractivity contribution in [2.75, 3.05) is 0 Å². The van der Waals surface area contributed by atoms with E-state index >= 15 is 0 Å². The molecule has 20 heavy (non-hydrogen) atoms. The van der Waals surface area contributed by atoms with Crippen molar-refractivity contribution in [3.8, 4) is 0 Å². The normalized spacial score (nSPS) is 12.6. The van der Waals surface area contributed by atoms with E-state index in [1.807, 2.05) is 13.8 Å². The first-order valence-electron chi connectivity index (χ1n) is 6.35. The minimum atomic E-state index is -1.02. The Morgan fingerprint density at radius 1 is 1.30 bits per heavy atom. The van der Waals surface area contributed by atoms with Gasteiger partial charge in [-0.3, -0.25) is 4.79 Å². The third kappa shape index (κ3) is 5.89. The van der Waals surface area contributed by atoms with E-state index in [0.717, 1.165) is 5.56 Å². The lowest BCUT2D eigenvalue weighted by molar-refractivity contribution is -0.141. The van der Waals surface area contributed by atoms with E-state index in [1.54, 1.807) is 30.3 Å². The predicted molar refractivity (Wildman–Crippen MR) is 79.5 cm³/mol. The Hall–Kier alpha value is -1.81. The number of nitrogens with one attached hydrogen (secondary N) is 1. The summed E-state index contributed by atoms with van der Waals surface area (Å²) in [4.78, 5) is 22.7. The number of halogens is 1. The first kappa shape index (κ1) is 16.2. The average molecular weight is 296 g/mol. The van der Waals surface area contributed by atoms with Crippen LogP contribution in [-0.2, 0) is 9.59 Å². The zero-order chi connectivity index (χ0) is 15.1. The third-order valence-corrected chi connectivity index (χ3v) is 2.87. The summed E-state index contributed by atoms with van der Waals surface area (Å²) in [5.41, 5.74) is 0.820. The lowest BCUT2D eigenvalue weighted by Crippen LogP contribution is -2.40. The van der Waals surface area contributed by atoms with Crippen molar-refractivity contribution in [1.29, 1.82) is 0 Å². The van der Waals surface area contributed by atoms with Gasteiger partial charge in [0.05, 0.1) is 0 Å². The predicted octanol–water partition coefficient (Wildman–Crippen LogP) is 2.97. The van der Waals surface area contributed by atoms with Gasteiger partial charge in [0.2, 0.25) is 5.91 Å². The van der Waals surface area contributed by atoms with Gasteiger partial charge in [0.25, 0.3) is 0 Å². The van der Waals surface area contributed by atoms with E-state index in [4.69, 9.17) is 16.7 Å². The van der Waals surface area contributed by atoms with Crippen LogP contribution < -0.4 is 5.32 Å². The highest BCUT2D eigenvalue weighted by Crippen LogP contribution is 2.10. The molecule has 0 aliphatic carbocycles. The number of rotatable bonds is 6. The van der Waals surface area contributed by atoms with Crippen LogP contribution in [0.25, 0.3) is 6.08 Å². The highest BCUT2D eigenvalue weighted by atomic mass is 35.5. The summed E-state index contributed by atoms with van der Waals surface area (Å²) in [6.07, 6.45) is 3.33. The van der Waals surface area contributed by atoms with E-state index in [2.05, 4.69) is 5.32 Å². The summed E-state index contributed by atoms with van der Waals surface area (Å²) in [6, 6.07) is 6.12. The second-order valence-electron chi connectivity index (χ2n) is 4.91. The van der Waals surface area contributed by atoms with Gasteiger partial charge in [0, 0.05) is 11.1 Å². The van der Waals surface area contributed by atoms with E-state index in [-0.39, 0.29) is 5.92 Å². The molecule has 0 fully saturated rings. The topological polar surface area (TPSA) is 66.4 Å². The molecule has 108 valence electrons. The van der Waals surface area contributed by atoms with Crippen LogP contribution in [0.2, 0.25) is 5.02 Å². The Kier molecular flexibility index (Phi) is 6.25. The molecule has 0 radical (unpaired) electrons. The molecule has 1 rings (SSSR count). The van der Waals surface area contributed by atoms with Crippen LogP contribution in [-0.4, -0.2) is 23.0 Å². The summed E-state index contributed by atoms with van der Waals surface area (Å²) >= 11 is 5.76. The van der Waals surface area contributed by atoms with Gasteiger partial charge in [-0.25, -0.2) is 4.79 Å². The second-order valence-corrected chi connectivity index (χ2v) is 5.35. The zero-order valence-corrected chi connectivity index (χ0v) is 12.2. The summed E-state index contributed by atoms with van der Waals surface area (Å²) in [5.74, 6) is -1.25. The summed E-state index contributed by atoms with van der Waals surface area (Å²) in [5, 5.41) is 12.1. The molecule has 1 unspecified atom stereocenters. The smallest absolute Gasteiger partial charge is 0.326 e. The fourth-order valence-electron chi connectivity index (χ4n) is 1.66. The van der Waals surface area contributed by atoms with Crippen LogP contribution >= 0.6 is 11.6 Å².